The first kappa shape index (κ1) is 16.1. The van der Waals surface area contributed by atoms with Gasteiger partial charge in [0.15, 0.2) is 0 Å². The first-order valence-electron chi connectivity index (χ1n) is 6.45. The molecule has 1 aliphatic carbocycles. The fourth-order valence-corrected chi connectivity index (χ4v) is 2.50. The van der Waals surface area contributed by atoms with Gasteiger partial charge in [-0.1, -0.05) is 0 Å². The van der Waals surface area contributed by atoms with Gasteiger partial charge in [-0.15, -0.1) is 11.6 Å². The Morgan fingerprint density at radius 1 is 1.17 bits per heavy atom. The van der Waals surface area contributed by atoms with Crippen molar-refractivity contribution in [3.63, 3.8) is 0 Å². The third kappa shape index (κ3) is 7.44. The quantitative estimate of drug-likeness (QED) is 0.573. The topological polar surface area (TPSA) is 21.3 Å². The van der Waals surface area contributed by atoms with Crippen LogP contribution in [0.5, 0.6) is 0 Å². The molecule has 1 saturated carbocycles. The van der Waals surface area contributed by atoms with Crippen LogP contribution in [0.4, 0.5) is 13.2 Å². The van der Waals surface area contributed by atoms with Gasteiger partial charge in [0, 0.05) is 18.5 Å². The predicted molar refractivity (Wildman–Crippen MR) is 66.0 cm³/mol. The van der Waals surface area contributed by atoms with Crippen LogP contribution >= 0.6 is 11.6 Å². The van der Waals surface area contributed by atoms with Crippen LogP contribution in [0.3, 0.4) is 0 Å². The minimum Gasteiger partial charge on any atom is -0.372 e. The van der Waals surface area contributed by atoms with Gasteiger partial charge in [0.1, 0.15) is 6.61 Å². The lowest BCUT2D eigenvalue weighted by molar-refractivity contribution is -0.173. The van der Waals surface area contributed by atoms with Gasteiger partial charge in [-0.05, 0) is 44.6 Å². The molecule has 1 aliphatic rings. The first-order valence-corrected chi connectivity index (χ1v) is 6.98. The van der Waals surface area contributed by atoms with Crippen LogP contribution in [-0.2, 0) is 4.74 Å². The molecule has 1 rings (SSSR count). The largest absolute Gasteiger partial charge is 0.411 e. The molecule has 0 aromatic carbocycles. The number of nitrogens with one attached hydrogen (secondary N) is 1. The number of alkyl halides is 4. The Morgan fingerprint density at radius 3 is 2.39 bits per heavy atom. The number of ether oxygens (including phenoxy) is 1. The molecule has 0 saturated heterocycles. The Balaban J connectivity index is 1.93. The Morgan fingerprint density at radius 2 is 1.83 bits per heavy atom. The summed E-state index contributed by atoms with van der Waals surface area (Å²) >= 11 is 5.80. The van der Waals surface area contributed by atoms with Crippen molar-refractivity contribution in [3.8, 4) is 0 Å². The average Bonchev–Trinajstić information content (AvgIpc) is 2.33. The van der Waals surface area contributed by atoms with Gasteiger partial charge < -0.3 is 10.1 Å². The van der Waals surface area contributed by atoms with Gasteiger partial charge in [0.2, 0.25) is 0 Å². The van der Waals surface area contributed by atoms with E-state index >= 15 is 0 Å². The second-order valence-corrected chi connectivity index (χ2v) is 5.16. The van der Waals surface area contributed by atoms with E-state index in [9.17, 15) is 13.2 Å². The molecule has 0 aliphatic heterocycles. The van der Waals surface area contributed by atoms with Crippen LogP contribution in [0.2, 0.25) is 0 Å². The molecular formula is C12H21ClF3NO. The van der Waals surface area contributed by atoms with Crippen molar-refractivity contribution < 1.29 is 17.9 Å². The molecule has 1 N–H and O–H groups in total. The van der Waals surface area contributed by atoms with Gasteiger partial charge in [-0.3, -0.25) is 0 Å². The molecule has 2 nitrogen and oxygen atoms in total. The Bertz CT molecular complexity index is 218. The summed E-state index contributed by atoms with van der Waals surface area (Å²) in [6.07, 6.45) is 0.915. The zero-order chi connectivity index (χ0) is 13.4. The van der Waals surface area contributed by atoms with E-state index in [1.807, 2.05) is 0 Å². The summed E-state index contributed by atoms with van der Waals surface area (Å²) < 4.78 is 39.9. The number of hydrogen-bond acceptors (Lipinski definition) is 2. The number of halogens is 4. The lowest BCUT2D eigenvalue weighted by Gasteiger charge is -2.28. The molecule has 0 aromatic rings. The van der Waals surface area contributed by atoms with Gasteiger partial charge >= 0.3 is 6.18 Å². The fraction of sp³-hybridized carbons (Fsp3) is 1.00. The van der Waals surface area contributed by atoms with Gasteiger partial charge in [0.05, 0.1) is 0 Å². The second-order valence-electron chi connectivity index (χ2n) is 4.85. The first-order chi connectivity index (χ1) is 8.51. The van der Waals surface area contributed by atoms with Crippen molar-refractivity contribution in [1.29, 1.82) is 0 Å². The second kappa shape index (κ2) is 8.23. The van der Waals surface area contributed by atoms with E-state index in [1.165, 1.54) is 0 Å². The molecule has 18 heavy (non-hydrogen) atoms. The van der Waals surface area contributed by atoms with Crippen molar-refractivity contribution in [1.82, 2.24) is 5.32 Å². The molecule has 0 bridgehead atoms. The lowest BCUT2D eigenvalue weighted by atomic mass is 9.87. The molecule has 108 valence electrons. The molecule has 0 amide bonds. The molecule has 0 heterocycles. The molecule has 0 spiro atoms. The highest BCUT2D eigenvalue weighted by atomic mass is 35.5. The van der Waals surface area contributed by atoms with E-state index in [1.54, 1.807) is 0 Å². The molecule has 0 aromatic heterocycles. The summed E-state index contributed by atoms with van der Waals surface area (Å²) in [6.45, 7) is -0.272. The number of hydrogen-bond donors (Lipinski definition) is 1. The average molecular weight is 288 g/mol. The molecule has 0 unspecified atom stereocenters. The van der Waals surface area contributed by atoms with Crippen LogP contribution in [0.1, 0.15) is 32.1 Å². The van der Waals surface area contributed by atoms with E-state index in [4.69, 9.17) is 11.6 Å². The Hall–Kier alpha value is 0. The summed E-state index contributed by atoms with van der Waals surface area (Å²) in [5.41, 5.74) is 0. The predicted octanol–water partition coefficient (Wildman–Crippen LogP) is 3.34. The van der Waals surface area contributed by atoms with Crippen LogP contribution in [0, 0.1) is 5.92 Å². The zero-order valence-electron chi connectivity index (χ0n) is 10.4. The summed E-state index contributed by atoms with van der Waals surface area (Å²) in [4.78, 5) is 0. The fourth-order valence-electron chi connectivity index (χ4n) is 2.19. The maximum atomic E-state index is 11.8. The molecule has 6 heteroatoms. The highest BCUT2D eigenvalue weighted by molar-refractivity contribution is 6.18. The third-order valence-corrected chi connectivity index (χ3v) is 3.67. The van der Waals surface area contributed by atoms with Crippen LogP contribution in [0.15, 0.2) is 0 Å². The zero-order valence-corrected chi connectivity index (χ0v) is 11.2. The number of rotatable bonds is 7. The van der Waals surface area contributed by atoms with E-state index in [2.05, 4.69) is 10.1 Å². The van der Waals surface area contributed by atoms with Gasteiger partial charge in [-0.2, -0.15) is 13.2 Å². The smallest absolute Gasteiger partial charge is 0.372 e. The van der Waals surface area contributed by atoms with E-state index in [-0.39, 0.29) is 6.61 Å². The van der Waals surface area contributed by atoms with Crippen LogP contribution < -0.4 is 5.32 Å². The van der Waals surface area contributed by atoms with Crippen molar-refractivity contribution in [2.24, 2.45) is 5.92 Å². The highest BCUT2D eigenvalue weighted by Crippen LogP contribution is 2.25. The monoisotopic (exact) mass is 287 g/mol. The van der Waals surface area contributed by atoms with Crippen molar-refractivity contribution in [2.45, 2.75) is 44.3 Å². The molecule has 1 fully saturated rings. The maximum Gasteiger partial charge on any atom is 0.411 e. The Kier molecular flexibility index (Phi) is 7.34. The van der Waals surface area contributed by atoms with Crippen LogP contribution in [-0.4, -0.2) is 37.9 Å². The summed E-state index contributed by atoms with van der Waals surface area (Å²) in [7, 11) is 0. The van der Waals surface area contributed by atoms with Gasteiger partial charge in [-0.25, -0.2) is 0 Å². The molecule has 0 atom stereocenters. The van der Waals surface area contributed by atoms with E-state index < -0.39 is 12.8 Å². The third-order valence-electron chi connectivity index (χ3n) is 3.23. The Labute approximate surface area is 111 Å². The minimum absolute atomic E-state index is 0.156. The van der Waals surface area contributed by atoms with Crippen molar-refractivity contribution >= 4 is 11.6 Å². The summed E-state index contributed by atoms with van der Waals surface area (Å²) in [5, 5.41) is 3.36. The van der Waals surface area contributed by atoms with E-state index in [0.29, 0.717) is 24.9 Å². The normalized spacial score (nSPS) is 25.3. The van der Waals surface area contributed by atoms with Crippen molar-refractivity contribution in [3.05, 3.63) is 0 Å². The molecular weight excluding hydrogens is 267 g/mol. The van der Waals surface area contributed by atoms with Gasteiger partial charge in [0.25, 0.3) is 0 Å². The van der Waals surface area contributed by atoms with Crippen LogP contribution in [0.25, 0.3) is 0 Å². The lowest BCUT2D eigenvalue weighted by Crippen LogP contribution is -2.34. The summed E-state index contributed by atoms with van der Waals surface area (Å²) in [5.74, 6) is 1.37. The maximum absolute atomic E-state index is 11.8. The van der Waals surface area contributed by atoms with E-state index in [0.717, 1.165) is 31.6 Å². The minimum atomic E-state index is -4.21. The molecule has 0 radical (unpaired) electrons. The standard InChI is InChI=1S/C12H21ClF3NO/c13-8-10-2-4-11(5-3-10)17-6-1-7-18-9-12(14,15)16/h10-11,17H,1-9H2. The summed E-state index contributed by atoms with van der Waals surface area (Å²) in [6, 6.07) is 0.493. The SMILES string of the molecule is FC(F)(F)COCCCNC1CCC(CCl)CC1. The highest BCUT2D eigenvalue weighted by Gasteiger charge is 2.27. The van der Waals surface area contributed by atoms with Crippen molar-refractivity contribution in [2.75, 3.05) is 25.6 Å².